The highest BCUT2D eigenvalue weighted by Gasteiger charge is 2.15. The first-order valence-corrected chi connectivity index (χ1v) is 6.74. The first-order valence-electron chi connectivity index (χ1n) is 5.94. The lowest BCUT2D eigenvalue weighted by Crippen LogP contribution is -1.98. The minimum atomic E-state index is -0.0944. The van der Waals surface area contributed by atoms with E-state index in [1.807, 2.05) is 49.4 Å². The lowest BCUT2D eigenvalue weighted by molar-refractivity contribution is 0.101. The van der Waals surface area contributed by atoms with Gasteiger partial charge in [0.1, 0.15) is 5.58 Å². The van der Waals surface area contributed by atoms with Gasteiger partial charge in [-0.1, -0.05) is 42.0 Å². The molecule has 0 atom stereocenters. The minimum Gasteiger partial charge on any atom is -0.451 e. The van der Waals surface area contributed by atoms with Gasteiger partial charge in [0.2, 0.25) is 5.78 Å². The Hall–Kier alpha value is -1.87. The molecule has 0 fully saturated rings. The first kappa shape index (κ1) is 12.2. The van der Waals surface area contributed by atoms with Crippen molar-refractivity contribution in [2.45, 2.75) is 6.92 Å². The number of rotatable bonds is 2. The lowest BCUT2D eigenvalue weighted by atomic mass is 10.1. The molecule has 2 aromatic carbocycles. The van der Waals surface area contributed by atoms with Crippen molar-refractivity contribution in [1.82, 2.24) is 0 Å². The highest BCUT2D eigenvalue weighted by Crippen LogP contribution is 2.28. The molecule has 0 spiro atoms. The smallest absolute Gasteiger partial charge is 0.228 e. The number of para-hydroxylation sites is 1. The van der Waals surface area contributed by atoms with Gasteiger partial charge in [0, 0.05) is 10.9 Å². The van der Waals surface area contributed by atoms with Gasteiger partial charge in [-0.05, 0) is 35.0 Å². The summed E-state index contributed by atoms with van der Waals surface area (Å²) in [6.45, 7) is 1.99. The highest BCUT2D eigenvalue weighted by molar-refractivity contribution is 9.10. The Morgan fingerprint density at radius 3 is 2.53 bits per heavy atom. The van der Waals surface area contributed by atoms with E-state index in [2.05, 4.69) is 15.9 Å². The Morgan fingerprint density at radius 2 is 1.84 bits per heavy atom. The number of ketones is 1. The Balaban J connectivity index is 2.06. The number of aryl methyl sites for hydroxylation is 1. The third-order valence-electron chi connectivity index (χ3n) is 3.03. The van der Waals surface area contributed by atoms with Gasteiger partial charge in [0.15, 0.2) is 5.76 Å². The van der Waals surface area contributed by atoms with Crippen molar-refractivity contribution in [2.75, 3.05) is 0 Å². The fraction of sp³-hybridized carbons (Fsp3) is 0.0625. The number of carbonyl (C=O) groups excluding carboxylic acids is 1. The van der Waals surface area contributed by atoms with E-state index in [1.165, 1.54) is 0 Å². The molecule has 0 N–H and O–H groups in total. The van der Waals surface area contributed by atoms with E-state index in [4.69, 9.17) is 4.42 Å². The molecule has 0 saturated carbocycles. The Labute approximate surface area is 119 Å². The molecule has 1 heterocycles. The molecule has 0 bridgehead atoms. The molecular formula is C16H11BrO2. The van der Waals surface area contributed by atoms with Crippen LogP contribution in [0.25, 0.3) is 11.0 Å². The van der Waals surface area contributed by atoms with Gasteiger partial charge in [-0.15, -0.1) is 0 Å². The molecule has 0 amide bonds. The average Bonchev–Trinajstić information content (AvgIpc) is 2.84. The molecule has 94 valence electrons. The summed E-state index contributed by atoms with van der Waals surface area (Å²) in [7, 11) is 0. The van der Waals surface area contributed by atoms with E-state index in [9.17, 15) is 4.79 Å². The molecule has 2 nitrogen and oxygen atoms in total. The summed E-state index contributed by atoms with van der Waals surface area (Å²) in [6, 6.07) is 15.0. The molecule has 1 aromatic heterocycles. The van der Waals surface area contributed by atoms with Crippen LogP contribution in [-0.2, 0) is 0 Å². The molecule has 3 aromatic rings. The van der Waals surface area contributed by atoms with E-state index in [0.29, 0.717) is 16.9 Å². The average molecular weight is 315 g/mol. The highest BCUT2D eigenvalue weighted by atomic mass is 79.9. The van der Waals surface area contributed by atoms with E-state index in [1.54, 1.807) is 6.07 Å². The van der Waals surface area contributed by atoms with Crippen LogP contribution in [0.4, 0.5) is 0 Å². The van der Waals surface area contributed by atoms with Gasteiger partial charge >= 0.3 is 0 Å². The number of furan rings is 1. The van der Waals surface area contributed by atoms with Gasteiger partial charge in [-0.3, -0.25) is 4.79 Å². The van der Waals surface area contributed by atoms with Crippen LogP contribution in [0.15, 0.2) is 57.4 Å². The van der Waals surface area contributed by atoms with Crippen LogP contribution >= 0.6 is 15.9 Å². The predicted octanol–water partition coefficient (Wildman–Crippen LogP) is 4.73. The number of hydrogen-bond donors (Lipinski definition) is 0. The van der Waals surface area contributed by atoms with Crippen molar-refractivity contribution in [3.05, 3.63) is 69.9 Å². The largest absolute Gasteiger partial charge is 0.451 e. The second kappa shape index (κ2) is 4.67. The van der Waals surface area contributed by atoms with Crippen molar-refractivity contribution < 1.29 is 9.21 Å². The monoisotopic (exact) mass is 314 g/mol. The van der Waals surface area contributed by atoms with Crippen LogP contribution in [0.5, 0.6) is 0 Å². The fourth-order valence-electron chi connectivity index (χ4n) is 1.99. The quantitative estimate of drug-likeness (QED) is 0.640. The molecule has 19 heavy (non-hydrogen) atoms. The zero-order valence-electron chi connectivity index (χ0n) is 10.3. The molecule has 0 aliphatic heterocycles. The predicted molar refractivity (Wildman–Crippen MR) is 78.5 cm³/mol. The topological polar surface area (TPSA) is 30.2 Å². The SMILES string of the molecule is Cc1ccc(C(=O)c2cc3cccc(Br)c3o2)cc1. The summed E-state index contributed by atoms with van der Waals surface area (Å²) in [5.41, 5.74) is 2.47. The van der Waals surface area contributed by atoms with E-state index >= 15 is 0 Å². The van der Waals surface area contributed by atoms with Gasteiger partial charge in [0.05, 0.1) is 4.47 Å². The van der Waals surface area contributed by atoms with Crippen LogP contribution in [-0.4, -0.2) is 5.78 Å². The van der Waals surface area contributed by atoms with Crippen molar-refractivity contribution in [3.63, 3.8) is 0 Å². The Bertz CT molecular complexity index is 754. The van der Waals surface area contributed by atoms with Crippen molar-refractivity contribution in [2.24, 2.45) is 0 Å². The maximum absolute atomic E-state index is 12.3. The fourth-order valence-corrected chi connectivity index (χ4v) is 2.45. The summed E-state index contributed by atoms with van der Waals surface area (Å²) in [5, 5.41) is 0.921. The molecule has 0 aliphatic rings. The van der Waals surface area contributed by atoms with Gasteiger partial charge < -0.3 is 4.42 Å². The zero-order valence-corrected chi connectivity index (χ0v) is 11.9. The summed E-state index contributed by atoms with van der Waals surface area (Å²) in [6.07, 6.45) is 0. The molecule has 3 heteroatoms. The number of benzene rings is 2. The molecular weight excluding hydrogens is 304 g/mol. The van der Waals surface area contributed by atoms with Gasteiger partial charge in [-0.25, -0.2) is 0 Å². The minimum absolute atomic E-state index is 0.0944. The van der Waals surface area contributed by atoms with Crippen LogP contribution in [0, 0.1) is 6.92 Å². The third-order valence-corrected chi connectivity index (χ3v) is 3.66. The maximum atomic E-state index is 12.3. The van der Waals surface area contributed by atoms with E-state index in [0.717, 1.165) is 15.4 Å². The standard InChI is InChI=1S/C16H11BrO2/c1-10-5-7-11(8-6-10)15(18)14-9-12-3-2-4-13(17)16(12)19-14/h2-9H,1H3. The number of carbonyl (C=O) groups is 1. The zero-order chi connectivity index (χ0) is 13.4. The number of hydrogen-bond acceptors (Lipinski definition) is 2. The summed E-state index contributed by atoms with van der Waals surface area (Å²) in [4.78, 5) is 12.3. The Kier molecular flexibility index (Phi) is 2.99. The molecule has 0 aliphatic carbocycles. The lowest BCUT2D eigenvalue weighted by Gasteiger charge is -1.98. The molecule has 0 unspecified atom stereocenters. The van der Waals surface area contributed by atoms with Gasteiger partial charge in [-0.2, -0.15) is 0 Å². The van der Waals surface area contributed by atoms with Gasteiger partial charge in [0.25, 0.3) is 0 Å². The number of fused-ring (bicyclic) bond motifs is 1. The molecule has 0 saturated heterocycles. The van der Waals surface area contributed by atoms with Crippen LogP contribution in [0.3, 0.4) is 0 Å². The second-order valence-electron chi connectivity index (χ2n) is 4.46. The van der Waals surface area contributed by atoms with E-state index in [-0.39, 0.29) is 5.78 Å². The summed E-state index contributed by atoms with van der Waals surface area (Å²) >= 11 is 3.42. The normalized spacial score (nSPS) is 10.8. The molecule has 0 radical (unpaired) electrons. The summed E-state index contributed by atoms with van der Waals surface area (Å²) in [5.74, 6) is 0.272. The first-order chi connectivity index (χ1) is 9.15. The van der Waals surface area contributed by atoms with Crippen molar-refractivity contribution >= 4 is 32.7 Å². The molecule has 3 rings (SSSR count). The van der Waals surface area contributed by atoms with Crippen LogP contribution in [0.2, 0.25) is 0 Å². The Morgan fingerprint density at radius 1 is 1.11 bits per heavy atom. The number of halogens is 1. The third kappa shape index (κ3) is 2.22. The summed E-state index contributed by atoms with van der Waals surface area (Å²) < 4.78 is 6.50. The van der Waals surface area contributed by atoms with E-state index < -0.39 is 0 Å². The van der Waals surface area contributed by atoms with Crippen LogP contribution < -0.4 is 0 Å². The van der Waals surface area contributed by atoms with Crippen molar-refractivity contribution in [3.8, 4) is 0 Å². The van der Waals surface area contributed by atoms with Crippen molar-refractivity contribution in [1.29, 1.82) is 0 Å². The second-order valence-corrected chi connectivity index (χ2v) is 5.32. The maximum Gasteiger partial charge on any atom is 0.228 e. The van der Waals surface area contributed by atoms with Crippen LogP contribution in [0.1, 0.15) is 21.7 Å².